The van der Waals surface area contributed by atoms with Crippen LogP contribution in [0.4, 0.5) is 10.1 Å². The van der Waals surface area contributed by atoms with Crippen LogP contribution in [0.25, 0.3) is 0 Å². The van der Waals surface area contributed by atoms with Gasteiger partial charge in [0, 0.05) is 43.0 Å². The van der Waals surface area contributed by atoms with Crippen molar-refractivity contribution in [3.8, 4) is 0 Å². The lowest BCUT2D eigenvalue weighted by Gasteiger charge is -2.20. The van der Waals surface area contributed by atoms with Gasteiger partial charge in [-0.1, -0.05) is 60.7 Å². The van der Waals surface area contributed by atoms with Crippen molar-refractivity contribution in [1.82, 2.24) is 10.2 Å². The van der Waals surface area contributed by atoms with E-state index < -0.39 is 5.82 Å². The van der Waals surface area contributed by atoms with Crippen molar-refractivity contribution in [3.63, 3.8) is 0 Å². The number of rotatable bonds is 11. The first-order valence-corrected chi connectivity index (χ1v) is 12.9. The number of hydrogen-bond acceptors (Lipinski definition) is 4. The van der Waals surface area contributed by atoms with Gasteiger partial charge in [0.2, 0.25) is 0 Å². The van der Waals surface area contributed by atoms with E-state index in [-0.39, 0.29) is 11.8 Å². The maximum Gasteiger partial charge on any atom is 0.255 e. The number of carbonyl (C=O) groups is 2. The zero-order valence-electron chi connectivity index (χ0n) is 22.0. The van der Waals surface area contributed by atoms with Crippen molar-refractivity contribution < 1.29 is 14.0 Å². The summed E-state index contributed by atoms with van der Waals surface area (Å²) >= 11 is 0. The SMILES string of the molecule is CN(CCc1ccccc1)Cc1ccc(C(=O)NCc2ccc(CN)cc2)cc1NC(=O)c1ccc(F)cc1. The number of anilines is 1. The van der Waals surface area contributed by atoms with Crippen LogP contribution in [0.3, 0.4) is 0 Å². The average molecular weight is 525 g/mol. The first-order chi connectivity index (χ1) is 18.9. The predicted octanol–water partition coefficient (Wildman–Crippen LogP) is 5.14. The molecule has 0 fully saturated rings. The number of nitrogens with one attached hydrogen (secondary N) is 2. The summed E-state index contributed by atoms with van der Waals surface area (Å²) in [6, 6.07) is 28.7. The van der Waals surface area contributed by atoms with Crippen molar-refractivity contribution in [2.45, 2.75) is 26.1 Å². The molecule has 6 nitrogen and oxygen atoms in total. The molecule has 4 rings (SSSR count). The highest BCUT2D eigenvalue weighted by Crippen LogP contribution is 2.21. The number of nitrogens with zero attached hydrogens (tertiary/aromatic N) is 1. The van der Waals surface area contributed by atoms with E-state index in [9.17, 15) is 14.0 Å². The Morgan fingerprint density at radius 2 is 1.46 bits per heavy atom. The predicted molar refractivity (Wildman–Crippen MR) is 153 cm³/mol. The first-order valence-electron chi connectivity index (χ1n) is 12.9. The van der Waals surface area contributed by atoms with E-state index in [4.69, 9.17) is 5.73 Å². The summed E-state index contributed by atoms with van der Waals surface area (Å²) < 4.78 is 13.4. The van der Waals surface area contributed by atoms with Crippen LogP contribution in [0.1, 0.15) is 43.0 Å². The van der Waals surface area contributed by atoms with Gasteiger partial charge >= 0.3 is 0 Å². The van der Waals surface area contributed by atoms with Gasteiger partial charge < -0.3 is 21.3 Å². The fourth-order valence-corrected chi connectivity index (χ4v) is 4.18. The van der Waals surface area contributed by atoms with Gasteiger partial charge in [-0.25, -0.2) is 4.39 Å². The van der Waals surface area contributed by atoms with Crippen LogP contribution in [0, 0.1) is 5.82 Å². The molecule has 2 amide bonds. The third kappa shape index (κ3) is 8.07. The quantitative estimate of drug-likeness (QED) is 0.254. The molecule has 0 radical (unpaired) electrons. The number of halogens is 1. The van der Waals surface area contributed by atoms with Crippen LogP contribution in [0.2, 0.25) is 0 Å². The molecule has 0 aliphatic rings. The summed E-state index contributed by atoms with van der Waals surface area (Å²) in [7, 11) is 2.02. The second kappa shape index (κ2) is 13.5. The third-order valence-corrected chi connectivity index (χ3v) is 6.50. The standard InChI is InChI=1S/C32H33FN4O2/c1-37(18-17-23-5-3-2-4-6-23)22-28-12-11-27(31(38)35-21-25-9-7-24(20-34)8-10-25)19-30(28)36-32(39)26-13-15-29(33)16-14-26/h2-16,19H,17-18,20-22,34H2,1H3,(H,35,38)(H,36,39). The Hall–Kier alpha value is -4.33. The minimum Gasteiger partial charge on any atom is -0.348 e. The zero-order valence-corrected chi connectivity index (χ0v) is 22.0. The van der Waals surface area contributed by atoms with Crippen molar-refractivity contribution in [2.75, 3.05) is 18.9 Å². The van der Waals surface area contributed by atoms with E-state index in [0.29, 0.717) is 36.4 Å². The minimum absolute atomic E-state index is 0.251. The summed E-state index contributed by atoms with van der Waals surface area (Å²) in [6.07, 6.45) is 0.890. The first kappa shape index (κ1) is 27.7. The summed E-state index contributed by atoms with van der Waals surface area (Å²) in [5, 5.41) is 5.86. The lowest BCUT2D eigenvalue weighted by Crippen LogP contribution is -2.24. The Kier molecular flexibility index (Phi) is 9.56. The Labute approximate surface area is 228 Å². The monoisotopic (exact) mass is 524 g/mol. The largest absolute Gasteiger partial charge is 0.348 e. The molecule has 200 valence electrons. The van der Waals surface area contributed by atoms with Crippen LogP contribution in [0.15, 0.2) is 97.1 Å². The van der Waals surface area contributed by atoms with E-state index in [2.05, 4.69) is 27.7 Å². The number of benzene rings is 4. The van der Waals surface area contributed by atoms with Crippen LogP contribution in [-0.2, 0) is 26.1 Å². The molecule has 0 atom stereocenters. The van der Waals surface area contributed by atoms with Gasteiger partial charge in [-0.05, 0) is 72.1 Å². The molecule has 0 saturated carbocycles. The molecule has 0 unspecified atom stereocenters. The maximum atomic E-state index is 13.4. The Balaban J connectivity index is 1.49. The third-order valence-electron chi connectivity index (χ3n) is 6.50. The van der Waals surface area contributed by atoms with Gasteiger partial charge in [0.05, 0.1) is 0 Å². The second-order valence-corrected chi connectivity index (χ2v) is 9.51. The van der Waals surface area contributed by atoms with Gasteiger partial charge in [-0.3, -0.25) is 9.59 Å². The van der Waals surface area contributed by atoms with E-state index >= 15 is 0 Å². The van der Waals surface area contributed by atoms with Gasteiger partial charge in [0.15, 0.2) is 0 Å². The molecule has 0 aliphatic heterocycles. The van der Waals surface area contributed by atoms with E-state index in [1.54, 1.807) is 12.1 Å². The smallest absolute Gasteiger partial charge is 0.255 e. The molecule has 0 heterocycles. The normalized spacial score (nSPS) is 10.9. The molecule has 0 bridgehead atoms. The summed E-state index contributed by atoms with van der Waals surface area (Å²) in [5.74, 6) is -1.04. The summed E-state index contributed by atoms with van der Waals surface area (Å²) in [6.45, 7) is 2.22. The van der Waals surface area contributed by atoms with Gasteiger partial charge in [-0.15, -0.1) is 0 Å². The number of carbonyl (C=O) groups excluding carboxylic acids is 2. The number of amides is 2. The van der Waals surface area contributed by atoms with Crippen LogP contribution < -0.4 is 16.4 Å². The molecule has 0 aliphatic carbocycles. The lowest BCUT2D eigenvalue weighted by molar-refractivity contribution is 0.0949. The number of nitrogens with two attached hydrogens (primary N) is 1. The zero-order chi connectivity index (χ0) is 27.6. The van der Waals surface area contributed by atoms with Gasteiger partial charge in [0.25, 0.3) is 11.8 Å². The molecule has 4 N–H and O–H groups in total. The number of hydrogen-bond donors (Lipinski definition) is 3. The second-order valence-electron chi connectivity index (χ2n) is 9.51. The maximum absolute atomic E-state index is 13.4. The molecular formula is C32H33FN4O2. The highest BCUT2D eigenvalue weighted by atomic mass is 19.1. The molecule has 0 aromatic heterocycles. The van der Waals surface area contributed by atoms with Gasteiger partial charge in [-0.2, -0.15) is 0 Å². The summed E-state index contributed by atoms with van der Waals surface area (Å²) in [5.41, 5.74) is 11.1. The molecule has 39 heavy (non-hydrogen) atoms. The molecule has 4 aromatic carbocycles. The average Bonchev–Trinajstić information content (AvgIpc) is 2.96. The fourth-order valence-electron chi connectivity index (χ4n) is 4.18. The van der Waals surface area contributed by atoms with Crippen molar-refractivity contribution in [2.24, 2.45) is 5.73 Å². The Morgan fingerprint density at radius 3 is 2.15 bits per heavy atom. The minimum atomic E-state index is -0.413. The molecular weight excluding hydrogens is 491 g/mol. The van der Waals surface area contributed by atoms with Crippen molar-refractivity contribution in [1.29, 1.82) is 0 Å². The van der Waals surface area contributed by atoms with Crippen molar-refractivity contribution >= 4 is 17.5 Å². The van der Waals surface area contributed by atoms with Crippen LogP contribution >= 0.6 is 0 Å². The lowest BCUT2D eigenvalue weighted by atomic mass is 10.1. The molecule has 4 aromatic rings. The molecule has 7 heteroatoms. The molecule has 0 saturated heterocycles. The van der Waals surface area contributed by atoms with E-state index in [0.717, 1.165) is 29.7 Å². The van der Waals surface area contributed by atoms with Crippen LogP contribution in [0.5, 0.6) is 0 Å². The Morgan fingerprint density at radius 1 is 0.795 bits per heavy atom. The topological polar surface area (TPSA) is 87.5 Å². The fraction of sp³-hybridized carbons (Fsp3) is 0.188. The van der Waals surface area contributed by atoms with Gasteiger partial charge in [0.1, 0.15) is 5.82 Å². The number of likely N-dealkylation sites (N-methyl/N-ethyl adjacent to an activating group) is 1. The van der Waals surface area contributed by atoms with Crippen LogP contribution in [-0.4, -0.2) is 30.3 Å². The van der Waals surface area contributed by atoms with E-state index in [1.165, 1.54) is 29.8 Å². The van der Waals surface area contributed by atoms with E-state index in [1.807, 2.05) is 55.6 Å². The molecule has 0 spiro atoms. The van der Waals surface area contributed by atoms with Crippen molar-refractivity contribution in [3.05, 3.63) is 136 Å². The highest BCUT2D eigenvalue weighted by Gasteiger charge is 2.15. The summed E-state index contributed by atoms with van der Waals surface area (Å²) in [4.78, 5) is 28.1. The highest BCUT2D eigenvalue weighted by molar-refractivity contribution is 6.05. The Bertz CT molecular complexity index is 1390.